The van der Waals surface area contributed by atoms with Crippen LogP contribution in [0, 0.1) is 5.82 Å². The Bertz CT molecular complexity index is 706. The number of amides is 1. The summed E-state index contributed by atoms with van der Waals surface area (Å²) in [6.45, 7) is 0. The molecule has 0 atom stereocenters. The molecule has 0 aliphatic rings. The average molecular weight is 308 g/mol. The molecule has 2 aromatic rings. The highest BCUT2D eigenvalue weighted by molar-refractivity contribution is 6.28. The number of rotatable bonds is 5. The number of benzene rings is 1. The van der Waals surface area contributed by atoms with Crippen LogP contribution in [-0.2, 0) is 17.6 Å². The second-order valence-electron chi connectivity index (χ2n) is 4.34. The second kappa shape index (κ2) is 6.41. The van der Waals surface area contributed by atoms with Crippen LogP contribution in [0.25, 0.3) is 0 Å². The average Bonchev–Trinajstić information content (AvgIpc) is 2.40. The third-order valence-corrected chi connectivity index (χ3v) is 2.95. The van der Waals surface area contributed by atoms with Crippen molar-refractivity contribution in [1.29, 1.82) is 0 Å². The van der Waals surface area contributed by atoms with E-state index in [1.807, 2.05) is 0 Å². The van der Waals surface area contributed by atoms with Crippen LogP contribution in [0.2, 0.25) is 5.28 Å². The number of nitrogens with two attached hydrogens (primary N) is 1. The van der Waals surface area contributed by atoms with Crippen LogP contribution in [0.1, 0.15) is 21.6 Å². The van der Waals surface area contributed by atoms with E-state index < -0.39 is 17.5 Å². The zero-order valence-corrected chi connectivity index (χ0v) is 11.6. The van der Waals surface area contributed by atoms with Crippen molar-refractivity contribution in [2.75, 3.05) is 0 Å². The SMILES string of the molecule is NC(=O)Cc1cccc(C(=O)Cc2ccnc(Cl)n2)c1F. The molecular weight excluding hydrogens is 297 g/mol. The van der Waals surface area contributed by atoms with Gasteiger partial charge in [0.2, 0.25) is 11.2 Å². The van der Waals surface area contributed by atoms with E-state index >= 15 is 0 Å². The molecule has 0 unspecified atom stereocenters. The standard InChI is InChI=1S/C14H11ClFN3O2/c15-14-18-5-4-9(19-14)7-11(20)10-3-1-2-8(13(10)16)6-12(17)21/h1-5H,6-7H2,(H2,17,21). The summed E-state index contributed by atoms with van der Waals surface area (Å²) in [6, 6.07) is 5.79. The summed E-state index contributed by atoms with van der Waals surface area (Å²) in [4.78, 5) is 30.6. The number of ketones is 1. The summed E-state index contributed by atoms with van der Waals surface area (Å²) in [7, 11) is 0. The van der Waals surface area contributed by atoms with Gasteiger partial charge in [-0.25, -0.2) is 14.4 Å². The molecule has 1 amide bonds. The number of nitrogens with zero attached hydrogens (tertiary/aromatic N) is 2. The molecule has 0 fully saturated rings. The van der Waals surface area contributed by atoms with Gasteiger partial charge < -0.3 is 5.73 Å². The topological polar surface area (TPSA) is 85.9 Å². The quantitative estimate of drug-likeness (QED) is 0.673. The predicted octanol–water partition coefficient (Wildman–Crippen LogP) is 1.72. The molecule has 108 valence electrons. The first-order valence-corrected chi connectivity index (χ1v) is 6.41. The third-order valence-electron chi connectivity index (χ3n) is 2.77. The molecule has 21 heavy (non-hydrogen) atoms. The number of aromatic nitrogens is 2. The highest BCUT2D eigenvalue weighted by Gasteiger charge is 2.17. The molecule has 0 saturated heterocycles. The number of Topliss-reactive ketones (excluding diaryl/α,β-unsaturated/α-hetero) is 1. The van der Waals surface area contributed by atoms with E-state index in [0.717, 1.165) is 0 Å². The summed E-state index contributed by atoms with van der Waals surface area (Å²) in [5.41, 5.74) is 5.41. The Hall–Kier alpha value is -2.34. The largest absolute Gasteiger partial charge is 0.369 e. The first kappa shape index (κ1) is 15.1. The lowest BCUT2D eigenvalue weighted by Crippen LogP contribution is -2.16. The van der Waals surface area contributed by atoms with E-state index in [1.165, 1.54) is 30.5 Å². The van der Waals surface area contributed by atoms with Gasteiger partial charge in [-0.1, -0.05) is 12.1 Å². The van der Waals surface area contributed by atoms with Crippen molar-refractivity contribution >= 4 is 23.3 Å². The molecule has 0 aliphatic carbocycles. The lowest BCUT2D eigenvalue weighted by Gasteiger charge is -2.06. The van der Waals surface area contributed by atoms with Gasteiger partial charge in [0, 0.05) is 6.20 Å². The van der Waals surface area contributed by atoms with Crippen molar-refractivity contribution in [3.63, 3.8) is 0 Å². The molecule has 0 saturated carbocycles. The van der Waals surface area contributed by atoms with Crippen LogP contribution in [0.3, 0.4) is 0 Å². The van der Waals surface area contributed by atoms with Gasteiger partial charge in [-0.2, -0.15) is 0 Å². The Balaban J connectivity index is 2.25. The van der Waals surface area contributed by atoms with Gasteiger partial charge >= 0.3 is 0 Å². The fraction of sp³-hybridized carbons (Fsp3) is 0.143. The molecule has 2 N–H and O–H groups in total. The molecule has 5 nitrogen and oxygen atoms in total. The first-order chi connectivity index (χ1) is 9.97. The Morgan fingerprint density at radius 1 is 1.24 bits per heavy atom. The van der Waals surface area contributed by atoms with Crippen LogP contribution in [0.4, 0.5) is 4.39 Å². The monoisotopic (exact) mass is 307 g/mol. The van der Waals surface area contributed by atoms with Gasteiger partial charge in [-0.05, 0) is 29.3 Å². The van der Waals surface area contributed by atoms with E-state index in [1.54, 1.807) is 0 Å². The number of hydrogen-bond donors (Lipinski definition) is 1. The van der Waals surface area contributed by atoms with Crippen molar-refractivity contribution < 1.29 is 14.0 Å². The molecule has 2 rings (SSSR count). The molecule has 0 bridgehead atoms. The fourth-order valence-corrected chi connectivity index (χ4v) is 2.01. The zero-order valence-electron chi connectivity index (χ0n) is 10.8. The maximum atomic E-state index is 14.2. The van der Waals surface area contributed by atoms with E-state index in [2.05, 4.69) is 9.97 Å². The Morgan fingerprint density at radius 2 is 2.00 bits per heavy atom. The second-order valence-corrected chi connectivity index (χ2v) is 4.68. The van der Waals surface area contributed by atoms with E-state index in [9.17, 15) is 14.0 Å². The Labute approximate surface area is 125 Å². The van der Waals surface area contributed by atoms with Gasteiger partial charge in [-0.15, -0.1) is 0 Å². The van der Waals surface area contributed by atoms with Crippen molar-refractivity contribution in [2.45, 2.75) is 12.8 Å². The van der Waals surface area contributed by atoms with E-state index in [4.69, 9.17) is 17.3 Å². The van der Waals surface area contributed by atoms with Gasteiger partial charge in [0.25, 0.3) is 0 Å². The Kier molecular flexibility index (Phi) is 4.59. The molecule has 7 heteroatoms. The maximum Gasteiger partial charge on any atom is 0.222 e. The van der Waals surface area contributed by atoms with Crippen molar-refractivity contribution in [3.8, 4) is 0 Å². The van der Waals surface area contributed by atoms with Crippen molar-refractivity contribution in [1.82, 2.24) is 9.97 Å². The minimum Gasteiger partial charge on any atom is -0.369 e. The van der Waals surface area contributed by atoms with Gasteiger partial charge in [0.15, 0.2) is 5.78 Å². The summed E-state index contributed by atoms with van der Waals surface area (Å²) >= 11 is 5.63. The molecule has 0 aliphatic heterocycles. The summed E-state index contributed by atoms with van der Waals surface area (Å²) in [5, 5.41) is 0.0169. The van der Waals surface area contributed by atoms with Crippen LogP contribution in [0.5, 0.6) is 0 Å². The summed E-state index contributed by atoms with van der Waals surface area (Å²) < 4.78 is 14.2. The normalized spacial score (nSPS) is 10.4. The van der Waals surface area contributed by atoms with Crippen molar-refractivity contribution in [3.05, 3.63) is 58.4 Å². The summed E-state index contributed by atoms with van der Waals surface area (Å²) in [6.07, 6.45) is 1.04. The number of primary amides is 1. The number of halogens is 2. The molecule has 0 radical (unpaired) electrons. The number of carbonyl (C=O) groups is 2. The van der Waals surface area contributed by atoms with Crippen LogP contribution in [-0.4, -0.2) is 21.7 Å². The van der Waals surface area contributed by atoms with E-state index in [-0.39, 0.29) is 29.3 Å². The van der Waals surface area contributed by atoms with Crippen LogP contribution < -0.4 is 5.73 Å². The fourth-order valence-electron chi connectivity index (χ4n) is 1.85. The zero-order chi connectivity index (χ0) is 15.4. The molecule has 1 aromatic heterocycles. The third kappa shape index (κ3) is 3.82. The van der Waals surface area contributed by atoms with Gasteiger partial charge in [0.05, 0.1) is 24.1 Å². The number of carbonyl (C=O) groups excluding carboxylic acids is 2. The molecular formula is C14H11ClFN3O2. The highest BCUT2D eigenvalue weighted by Crippen LogP contribution is 2.16. The lowest BCUT2D eigenvalue weighted by molar-refractivity contribution is -0.117. The highest BCUT2D eigenvalue weighted by atomic mass is 35.5. The van der Waals surface area contributed by atoms with Crippen LogP contribution >= 0.6 is 11.6 Å². The molecule has 0 spiro atoms. The Morgan fingerprint density at radius 3 is 2.67 bits per heavy atom. The smallest absolute Gasteiger partial charge is 0.222 e. The van der Waals surface area contributed by atoms with Crippen LogP contribution in [0.15, 0.2) is 30.5 Å². The van der Waals surface area contributed by atoms with E-state index in [0.29, 0.717) is 5.69 Å². The lowest BCUT2D eigenvalue weighted by atomic mass is 10.0. The van der Waals surface area contributed by atoms with Gasteiger partial charge in [0.1, 0.15) is 5.82 Å². The minimum absolute atomic E-state index is 0.0169. The minimum atomic E-state index is -0.735. The maximum absolute atomic E-state index is 14.2. The number of hydrogen-bond acceptors (Lipinski definition) is 4. The predicted molar refractivity (Wildman–Crippen MR) is 74.4 cm³/mol. The van der Waals surface area contributed by atoms with Crippen molar-refractivity contribution in [2.24, 2.45) is 5.73 Å². The first-order valence-electron chi connectivity index (χ1n) is 6.03. The summed E-state index contributed by atoms with van der Waals surface area (Å²) in [5.74, 6) is -1.86. The molecule has 1 heterocycles. The van der Waals surface area contributed by atoms with Gasteiger partial charge in [-0.3, -0.25) is 9.59 Å². The molecule has 1 aromatic carbocycles.